The van der Waals surface area contributed by atoms with Gasteiger partial charge in [-0.3, -0.25) is 9.59 Å². The lowest BCUT2D eigenvalue weighted by atomic mass is 9.92. The molecule has 0 saturated heterocycles. The van der Waals surface area contributed by atoms with Crippen LogP contribution in [0.3, 0.4) is 0 Å². The Kier molecular flexibility index (Phi) is 3.27. The Morgan fingerprint density at radius 2 is 2.24 bits per heavy atom. The normalized spacial score (nSPS) is 16.0. The van der Waals surface area contributed by atoms with Gasteiger partial charge in [-0.25, -0.2) is 0 Å². The predicted molar refractivity (Wildman–Crippen MR) is 66.3 cm³/mol. The molecule has 1 heterocycles. The Labute approximate surface area is 101 Å². The molecule has 17 heavy (non-hydrogen) atoms. The van der Waals surface area contributed by atoms with E-state index in [1.54, 1.807) is 6.07 Å². The molecule has 0 spiro atoms. The predicted octanol–water partition coefficient (Wildman–Crippen LogP) is 2.20. The van der Waals surface area contributed by atoms with E-state index >= 15 is 0 Å². The van der Waals surface area contributed by atoms with Crippen LogP contribution in [0.25, 0.3) is 0 Å². The summed E-state index contributed by atoms with van der Waals surface area (Å²) < 4.78 is 0. The van der Waals surface area contributed by atoms with Crippen molar-refractivity contribution < 1.29 is 9.59 Å². The summed E-state index contributed by atoms with van der Waals surface area (Å²) in [4.78, 5) is 23.7. The van der Waals surface area contributed by atoms with Gasteiger partial charge in [0.25, 0.3) is 5.91 Å². The minimum atomic E-state index is -0.0648. The van der Waals surface area contributed by atoms with E-state index in [4.69, 9.17) is 0 Å². The van der Waals surface area contributed by atoms with Crippen LogP contribution < -0.4 is 5.32 Å². The van der Waals surface area contributed by atoms with Gasteiger partial charge in [-0.1, -0.05) is 26.0 Å². The van der Waals surface area contributed by atoms with Crippen molar-refractivity contribution >= 4 is 11.7 Å². The minimum absolute atomic E-state index is 0.0136. The van der Waals surface area contributed by atoms with E-state index in [9.17, 15) is 9.59 Å². The third-order valence-corrected chi connectivity index (χ3v) is 3.38. The molecule has 2 rings (SSSR count). The van der Waals surface area contributed by atoms with Gasteiger partial charge in [0.05, 0.1) is 0 Å². The maximum atomic E-state index is 12.0. The monoisotopic (exact) mass is 231 g/mol. The van der Waals surface area contributed by atoms with E-state index in [0.717, 1.165) is 18.4 Å². The van der Waals surface area contributed by atoms with Crippen LogP contribution in [0.2, 0.25) is 0 Å². The van der Waals surface area contributed by atoms with Gasteiger partial charge in [-0.15, -0.1) is 0 Å². The molecule has 0 radical (unpaired) electrons. The van der Waals surface area contributed by atoms with E-state index in [2.05, 4.69) is 5.32 Å². The molecule has 3 nitrogen and oxygen atoms in total. The van der Waals surface area contributed by atoms with Crippen LogP contribution in [0.4, 0.5) is 0 Å². The van der Waals surface area contributed by atoms with Crippen LogP contribution in [0.5, 0.6) is 0 Å². The van der Waals surface area contributed by atoms with Gasteiger partial charge in [0, 0.05) is 23.6 Å². The molecule has 90 valence electrons. The number of amides is 1. The lowest BCUT2D eigenvalue weighted by Gasteiger charge is -2.17. The molecule has 1 amide bonds. The first-order valence-corrected chi connectivity index (χ1v) is 6.08. The summed E-state index contributed by atoms with van der Waals surface area (Å²) >= 11 is 0. The summed E-state index contributed by atoms with van der Waals surface area (Å²) in [6.45, 7) is 4.60. The van der Waals surface area contributed by atoms with Crippen LogP contribution in [-0.2, 0) is 6.42 Å². The Balaban J connectivity index is 2.35. The van der Waals surface area contributed by atoms with Gasteiger partial charge in [-0.2, -0.15) is 0 Å². The van der Waals surface area contributed by atoms with E-state index in [-0.39, 0.29) is 17.6 Å². The zero-order valence-electron chi connectivity index (χ0n) is 10.2. The van der Waals surface area contributed by atoms with Crippen molar-refractivity contribution in [2.24, 2.45) is 5.92 Å². The fourth-order valence-electron chi connectivity index (χ4n) is 2.03. The van der Waals surface area contributed by atoms with Crippen molar-refractivity contribution in [3.63, 3.8) is 0 Å². The number of fused-ring (bicyclic) bond motifs is 1. The van der Waals surface area contributed by atoms with Gasteiger partial charge in [-0.05, 0) is 24.5 Å². The summed E-state index contributed by atoms with van der Waals surface area (Å²) in [5, 5.41) is 2.80. The highest BCUT2D eigenvalue weighted by molar-refractivity contribution is 6.02. The fourth-order valence-corrected chi connectivity index (χ4v) is 2.03. The number of carbonyl (C=O) groups is 2. The zero-order chi connectivity index (χ0) is 12.4. The van der Waals surface area contributed by atoms with Crippen LogP contribution in [-0.4, -0.2) is 18.2 Å². The highest BCUT2D eigenvalue weighted by atomic mass is 16.1. The zero-order valence-corrected chi connectivity index (χ0v) is 10.2. The van der Waals surface area contributed by atoms with Crippen LogP contribution in [0.15, 0.2) is 18.2 Å². The Morgan fingerprint density at radius 1 is 1.47 bits per heavy atom. The lowest BCUT2D eigenvalue weighted by molar-refractivity contribution is 0.0927. The van der Waals surface area contributed by atoms with E-state index in [1.165, 1.54) is 0 Å². The number of hydrogen-bond acceptors (Lipinski definition) is 2. The molecule has 1 atom stereocenters. The van der Waals surface area contributed by atoms with Crippen molar-refractivity contribution in [1.29, 1.82) is 0 Å². The molecular formula is C14H17NO2. The van der Waals surface area contributed by atoms with Crippen molar-refractivity contribution in [1.82, 2.24) is 5.32 Å². The molecule has 0 aromatic heterocycles. The number of hydrogen-bond donors (Lipinski definition) is 1. The van der Waals surface area contributed by atoms with Gasteiger partial charge in [0.1, 0.15) is 0 Å². The molecule has 1 aromatic rings. The molecule has 0 aliphatic carbocycles. The summed E-state index contributed by atoms with van der Waals surface area (Å²) in [6.07, 6.45) is 1.67. The molecule has 1 aliphatic heterocycles. The first-order valence-electron chi connectivity index (χ1n) is 6.08. The highest BCUT2D eigenvalue weighted by Crippen LogP contribution is 2.19. The SMILES string of the molecule is CCC(C)C(=O)c1ccc2c(c1)C(=O)NCC2. The maximum Gasteiger partial charge on any atom is 0.251 e. The Morgan fingerprint density at radius 3 is 2.94 bits per heavy atom. The summed E-state index contributed by atoms with van der Waals surface area (Å²) in [5.41, 5.74) is 2.34. The average Bonchev–Trinajstić information content (AvgIpc) is 2.37. The lowest BCUT2D eigenvalue weighted by Crippen LogP contribution is -2.32. The molecule has 0 saturated carbocycles. The number of nitrogens with one attached hydrogen (secondary N) is 1. The molecule has 0 fully saturated rings. The second kappa shape index (κ2) is 4.70. The van der Waals surface area contributed by atoms with Gasteiger partial charge in [0.15, 0.2) is 5.78 Å². The second-order valence-electron chi connectivity index (χ2n) is 4.55. The van der Waals surface area contributed by atoms with Crippen molar-refractivity contribution in [2.75, 3.05) is 6.54 Å². The molecule has 0 bridgehead atoms. The van der Waals surface area contributed by atoms with Crippen LogP contribution in [0.1, 0.15) is 46.5 Å². The standard InChI is InChI=1S/C14H17NO2/c1-3-9(2)13(16)11-5-4-10-6-7-15-14(17)12(10)8-11/h4-5,8-9H,3,6-7H2,1-2H3,(H,15,17). The first-order chi connectivity index (χ1) is 8.13. The fraction of sp³-hybridized carbons (Fsp3) is 0.429. The van der Waals surface area contributed by atoms with Crippen LogP contribution >= 0.6 is 0 Å². The second-order valence-corrected chi connectivity index (χ2v) is 4.55. The molecule has 1 N–H and O–H groups in total. The largest absolute Gasteiger partial charge is 0.352 e. The average molecular weight is 231 g/mol. The number of rotatable bonds is 3. The molecule has 1 unspecified atom stereocenters. The Bertz CT molecular complexity index is 465. The van der Waals surface area contributed by atoms with Crippen LogP contribution in [0, 0.1) is 5.92 Å². The topological polar surface area (TPSA) is 46.2 Å². The summed E-state index contributed by atoms with van der Waals surface area (Å²) in [7, 11) is 0. The van der Waals surface area contributed by atoms with E-state index in [0.29, 0.717) is 17.7 Å². The number of carbonyl (C=O) groups excluding carboxylic acids is 2. The van der Waals surface area contributed by atoms with Crippen molar-refractivity contribution in [2.45, 2.75) is 26.7 Å². The third-order valence-electron chi connectivity index (χ3n) is 3.38. The molecule has 1 aromatic carbocycles. The summed E-state index contributed by atoms with van der Waals surface area (Å²) in [5.74, 6) is 0.0680. The Hall–Kier alpha value is -1.64. The van der Waals surface area contributed by atoms with Gasteiger partial charge >= 0.3 is 0 Å². The maximum absolute atomic E-state index is 12.0. The number of ketones is 1. The van der Waals surface area contributed by atoms with Gasteiger partial charge < -0.3 is 5.32 Å². The first kappa shape index (κ1) is 11.8. The molecular weight excluding hydrogens is 214 g/mol. The summed E-state index contributed by atoms with van der Waals surface area (Å²) in [6, 6.07) is 5.48. The smallest absolute Gasteiger partial charge is 0.251 e. The molecule has 3 heteroatoms. The number of Topliss-reactive ketones (excluding diaryl/α,β-unsaturated/α-hetero) is 1. The van der Waals surface area contributed by atoms with E-state index in [1.807, 2.05) is 26.0 Å². The van der Waals surface area contributed by atoms with Crippen molar-refractivity contribution in [3.05, 3.63) is 34.9 Å². The van der Waals surface area contributed by atoms with Crippen molar-refractivity contribution in [3.8, 4) is 0 Å². The minimum Gasteiger partial charge on any atom is -0.352 e. The third kappa shape index (κ3) is 2.23. The van der Waals surface area contributed by atoms with E-state index < -0.39 is 0 Å². The highest BCUT2D eigenvalue weighted by Gasteiger charge is 2.20. The number of benzene rings is 1. The quantitative estimate of drug-likeness (QED) is 0.811. The van der Waals surface area contributed by atoms with Gasteiger partial charge in [0.2, 0.25) is 0 Å². The molecule has 1 aliphatic rings.